The molecule has 0 saturated carbocycles. The molecular weight excluding hydrogens is 790 g/mol. The standard InChI is InChI=1S/C44H56ClN5O4S2Si/c1-28-39(29(2)48(6)46-28)40-37(45)19-18-36-35(17-13-21-54-57(9,10)44(3,4)5)42(43(52)53-8)50(41(36)40)20-14-22-55-26-31-24-32(49(7)47-31)27-56-33-23-30-15-11-12-16-34(30)38(51)25-33/h11-12,15-16,18-19,23-25,51H,13-14,17,20-22,26-27H2,1-10H3. The molecule has 0 amide bonds. The number of halogens is 1. The Labute approximate surface area is 351 Å². The van der Waals surface area contributed by atoms with Crippen molar-refractivity contribution < 1.29 is 19.1 Å². The highest BCUT2D eigenvalue weighted by atomic mass is 35.5. The van der Waals surface area contributed by atoms with Gasteiger partial charge in [-0.25, -0.2) is 4.79 Å². The number of rotatable bonds is 16. The van der Waals surface area contributed by atoms with E-state index in [9.17, 15) is 9.90 Å². The number of thioether (sulfide) groups is 2. The van der Waals surface area contributed by atoms with Crippen LogP contribution < -0.4 is 0 Å². The topological polar surface area (TPSA) is 96.3 Å². The van der Waals surface area contributed by atoms with E-state index in [1.165, 1.54) is 7.11 Å². The predicted molar refractivity (Wildman–Crippen MR) is 241 cm³/mol. The summed E-state index contributed by atoms with van der Waals surface area (Å²) in [6.07, 6.45) is 2.28. The molecule has 0 aliphatic heterocycles. The third-order valence-corrected chi connectivity index (χ3v) is 18.3. The van der Waals surface area contributed by atoms with Crippen molar-refractivity contribution in [3.63, 3.8) is 0 Å². The highest BCUT2D eigenvalue weighted by Gasteiger charge is 2.37. The second-order valence-corrected chi connectivity index (χ2v) is 23.7. The second-order valence-electron chi connectivity index (χ2n) is 16.3. The number of benzene rings is 3. The number of aromatic nitrogens is 5. The Hall–Kier alpha value is -3.68. The zero-order chi connectivity index (χ0) is 41.2. The largest absolute Gasteiger partial charge is 0.507 e. The third kappa shape index (κ3) is 9.15. The van der Waals surface area contributed by atoms with Crippen LogP contribution in [-0.2, 0) is 47.7 Å². The molecule has 6 rings (SSSR count). The van der Waals surface area contributed by atoms with Gasteiger partial charge >= 0.3 is 5.97 Å². The molecule has 0 aliphatic rings. The van der Waals surface area contributed by atoms with Gasteiger partial charge in [0.2, 0.25) is 0 Å². The number of esters is 1. The third-order valence-electron chi connectivity index (χ3n) is 11.4. The maximum atomic E-state index is 13.8. The van der Waals surface area contributed by atoms with E-state index in [1.807, 2.05) is 78.5 Å². The minimum atomic E-state index is -1.93. The molecule has 6 aromatic rings. The Morgan fingerprint density at radius 2 is 1.70 bits per heavy atom. The quantitative estimate of drug-likeness (QED) is 0.0445. The molecule has 0 fully saturated rings. The lowest BCUT2D eigenvalue weighted by Gasteiger charge is -2.36. The lowest BCUT2D eigenvalue weighted by Crippen LogP contribution is -2.41. The van der Waals surface area contributed by atoms with Crippen molar-refractivity contribution in [3.8, 4) is 16.9 Å². The molecule has 0 spiro atoms. The van der Waals surface area contributed by atoms with Crippen molar-refractivity contribution in [2.45, 2.75) is 95.0 Å². The van der Waals surface area contributed by atoms with Gasteiger partial charge in [-0.1, -0.05) is 62.7 Å². The number of hydrogen-bond donors (Lipinski definition) is 1. The number of ether oxygens (including phenoxy) is 1. The Bertz CT molecular complexity index is 2410. The summed E-state index contributed by atoms with van der Waals surface area (Å²) in [5.41, 5.74) is 8.44. The Morgan fingerprint density at radius 3 is 2.40 bits per heavy atom. The molecular formula is C44H56ClN5O4S2Si. The van der Waals surface area contributed by atoms with Gasteiger partial charge in [-0.2, -0.15) is 22.0 Å². The smallest absolute Gasteiger partial charge is 0.354 e. The molecule has 0 saturated heterocycles. The first-order chi connectivity index (χ1) is 27.0. The van der Waals surface area contributed by atoms with Crippen LogP contribution in [0.5, 0.6) is 5.75 Å². The number of phenols is 1. The van der Waals surface area contributed by atoms with Crippen LogP contribution in [0.25, 0.3) is 32.8 Å². The van der Waals surface area contributed by atoms with Gasteiger partial charge in [0.25, 0.3) is 0 Å². The summed E-state index contributed by atoms with van der Waals surface area (Å²) in [6.45, 7) is 16.6. The van der Waals surface area contributed by atoms with Gasteiger partial charge in [-0.15, -0.1) is 11.8 Å². The number of carbonyl (C=O) groups excluding carboxylic acids is 1. The van der Waals surface area contributed by atoms with E-state index in [2.05, 4.69) is 63.6 Å². The minimum absolute atomic E-state index is 0.116. The SMILES string of the molecule is COC(=O)c1c(CCCO[Si](C)(C)C(C)(C)C)c2ccc(Cl)c(-c3c(C)nn(C)c3C)c2n1CCCSCc1cc(CSc2cc(O)c3ccccc3c2)n(C)n1. The summed E-state index contributed by atoms with van der Waals surface area (Å²) in [7, 11) is 3.46. The van der Waals surface area contributed by atoms with Crippen LogP contribution in [0.2, 0.25) is 23.2 Å². The number of phenolic OH excluding ortho intramolecular Hbond substituents is 1. The van der Waals surface area contributed by atoms with E-state index in [0.29, 0.717) is 36.0 Å². The molecule has 57 heavy (non-hydrogen) atoms. The van der Waals surface area contributed by atoms with Crippen LogP contribution in [-0.4, -0.2) is 63.0 Å². The molecule has 0 aliphatic carbocycles. The summed E-state index contributed by atoms with van der Waals surface area (Å²) in [6, 6.07) is 18.0. The fourth-order valence-corrected chi connectivity index (χ4v) is 10.4. The van der Waals surface area contributed by atoms with E-state index in [4.69, 9.17) is 31.0 Å². The minimum Gasteiger partial charge on any atom is -0.507 e. The van der Waals surface area contributed by atoms with E-state index in [-0.39, 0.29) is 11.0 Å². The summed E-state index contributed by atoms with van der Waals surface area (Å²) in [4.78, 5) is 14.8. The number of carbonyl (C=O) groups is 1. The summed E-state index contributed by atoms with van der Waals surface area (Å²) >= 11 is 10.6. The van der Waals surface area contributed by atoms with Crippen molar-refractivity contribution >= 4 is 71.1 Å². The molecule has 3 heterocycles. The normalized spacial score (nSPS) is 12.3. The van der Waals surface area contributed by atoms with Crippen LogP contribution in [0.3, 0.4) is 0 Å². The molecule has 1 N–H and O–H groups in total. The van der Waals surface area contributed by atoms with Gasteiger partial charge in [0.1, 0.15) is 11.4 Å². The molecule has 3 aromatic heterocycles. The predicted octanol–water partition coefficient (Wildman–Crippen LogP) is 11.3. The zero-order valence-corrected chi connectivity index (χ0v) is 38.3. The number of methoxy groups -OCH3 is 1. The fraction of sp³-hybridized carbons (Fsp3) is 0.432. The molecule has 3 aromatic carbocycles. The van der Waals surface area contributed by atoms with Crippen LogP contribution in [0.1, 0.15) is 72.4 Å². The zero-order valence-electron chi connectivity index (χ0n) is 35.0. The van der Waals surface area contributed by atoms with Crippen molar-refractivity contribution in [1.82, 2.24) is 24.1 Å². The van der Waals surface area contributed by atoms with E-state index >= 15 is 0 Å². The number of nitrogens with zero attached hydrogens (tertiary/aromatic N) is 5. The average Bonchev–Trinajstić information content (AvgIpc) is 3.76. The van der Waals surface area contributed by atoms with E-state index in [1.54, 1.807) is 11.8 Å². The lowest BCUT2D eigenvalue weighted by molar-refractivity contribution is 0.0587. The van der Waals surface area contributed by atoms with Gasteiger partial charge in [0.05, 0.1) is 29.0 Å². The van der Waals surface area contributed by atoms with Gasteiger partial charge in [-0.05, 0) is 92.2 Å². The summed E-state index contributed by atoms with van der Waals surface area (Å²) < 4.78 is 18.0. The monoisotopic (exact) mass is 845 g/mol. The van der Waals surface area contributed by atoms with Crippen molar-refractivity contribution in [1.29, 1.82) is 0 Å². The second kappa shape index (κ2) is 17.7. The number of aryl methyl sites for hydroxylation is 5. The van der Waals surface area contributed by atoms with E-state index < -0.39 is 8.32 Å². The summed E-state index contributed by atoms with van der Waals surface area (Å²) in [5, 5.41) is 23.7. The van der Waals surface area contributed by atoms with Gasteiger partial charge in [-0.3, -0.25) is 9.36 Å². The van der Waals surface area contributed by atoms with Crippen molar-refractivity contribution in [2.24, 2.45) is 14.1 Å². The van der Waals surface area contributed by atoms with Crippen LogP contribution >= 0.6 is 35.1 Å². The van der Waals surface area contributed by atoms with Crippen molar-refractivity contribution in [3.05, 3.63) is 93.7 Å². The molecule has 13 heteroatoms. The first kappa shape index (κ1) is 42.9. The Balaban J connectivity index is 1.21. The number of fused-ring (bicyclic) bond motifs is 2. The Kier molecular flexibility index (Phi) is 13.3. The Morgan fingerprint density at radius 1 is 0.947 bits per heavy atom. The number of hydrogen-bond acceptors (Lipinski definition) is 8. The molecule has 0 atom stereocenters. The highest BCUT2D eigenvalue weighted by Crippen LogP contribution is 2.43. The summed E-state index contributed by atoms with van der Waals surface area (Å²) in [5.74, 6) is 2.34. The average molecular weight is 847 g/mol. The van der Waals surface area contributed by atoms with Crippen LogP contribution in [0, 0.1) is 13.8 Å². The fourth-order valence-electron chi connectivity index (χ4n) is 7.25. The van der Waals surface area contributed by atoms with Crippen LogP contribution in [0.4, 0.5) is 0 Å². The van der Waals surface area contributed by atoms with Crippen molar-refractivity contribution in [2.75, 3.05) is 19.5 Å². The molecule has 304 valence electrons. The van der Waals surface area contributed by atoms with E-state index in [0.717, 1.165) is 96.1 Å². The molecule has 0 radical (unpaired) electrons. The van der Waals surface area contributed by atoms with Crippen LogP contribution in [0.15, 0.2) is 59.5 Å². The van der Waals surface area contributed by atoms with Gasteiger partial charge in [0, 0.05) is 76.9 Å². The maximum Gasteiger partial charge on any atom is 0.354 e. The number of aromatic hydroxyl groups is 1. The van der Waals surface area contributed by atoms with Gasteiger partial charge in [0.15, 0.2) is 8.32 Å². The molecule has 9 nitrogen and oxygen atoms in total. The van der Waals surface area contributed by atoms with Gasteiger partial charge < -0.3 is 18.8 Å². The molecule has 0 unspecified atom stereocenters. The first-order valence-electron chi connectivity index (χ1n) is 19.5. The lowest BCUT2D eigenvalue weighted by atomic mass is 9.98. The highest BCUT2D eigenvalue weighted by molar-refractivity contribution is 7.98. The molecule has 0 bridgehead atoms. The maximum absolute atomic E-state index is 13.8. The first-order valence-corrected chi connectivity index (χ1v) is 25.0.